The molecule has 0 saturated carbocycles. The Hall–Kier alpha value is -0.680. The van der Waals surface area contributed by atoms with E-state index >= 15 is 0 Å². The number of rotatable bonds is 7. The highest BCUT2D eigenvalue weighted by atomic mass is 32.1. The fourth-order valence-electron chi connectivity index (χ4n) is 1.37. The van der Waals surface area contributed by atoms with Gasteiger partial charge in [0.1, 0.15) is 6.61 Å². The highest BCUT2D eigenvalue weighted by Crippen LogP contribution is 2.15. The minimum atomic E-state index is 0.450. The molecule has 1 aromatic rings. The van der Waals surface area contributed by atoms with Gasteiger partial charge in [0.2, 0.25) is 5.13 Å². The van der Waals surface area contributed by atoms with Crippen molar-refractivity contribution in [1.82, 2.24) is 9.36 Å². The standard InChI is InChI=1S/C11H21N3OS/c1-8(2)5-6-9(3)12-11-13-10(7-15-4)14-16-11/h8-9H,5-7H2,1-4H3,(H,12,13,14). The maximum Gasteiger partial charge on any atom is 0.202 e. The van der Waals surface area contributed by atoms with E-state index < -0.39 is 0 Å². The van der Waals surface area contributed by atoms with Crippen LogP contribution in [0.1, 0.15) is 39.4 Å². The Morgan fingerprint density at radius 2 is 2.06 bits per heavy atom. The Balaban J connectivity index is 2.34. The first-order valence-corrected chi connectivity index (χ1v) is 6.47. The van der Waals surface area contributed by atoms with Gasteiger partial charge in [0.15, 0.2) is 5.82 Å². The molecule has 4 nitrogen and oxygen atoms in total. The lowest BCUT2D eigenvalue weighted by molar-refractivity contribution is 0.179. The third-order valence-electron chi connectivity index (χ3n) is 2.29. The van der Waals surface area contributed by atoms with Crippen LogP contribution >= 0.6 is 11.5 Å². The number of nitrogens with one attached hydrogen (secondary N) is 1. The highest BCUT2D eigenvalue weighted by Gasteiger charge is 2.07. The summed E-state index contributed by atoms with van der Waals surface area (Å²) < 4.78 is 9.18. The first kappa shape index (κ1) is 13.4. The molecule has 5 heteroatoms. The van der Waals surface area contributed by atoms with Gasteiger partial charge >= 0.3 is 0 Å². The third-order valence-corrected chi connectivity index (χ3v) is 2.97. The molecule has 0 fully saturated rings. The number of anilines is 1. The zero-order valence-electron chi connectivity index (χ0n) is 10.5. The van der Waals surface area contributed by atoms with E-state index in [1.807, 2.05) is 0 Å². The smallest absolute Gasteiger partial charge is 0.202 e. The molecule has 0 aliphatic heterocycles. The normalized spacial score (nSPS) is 13.1. The van der Waals surface area contributed by atoms with Crippen LogP contribution in [0.15, 0.2) is 0 Å². The minimum Gasteiger partial charge on any atom is -0.377 e. The Bertz CT molecular complexity index is 301. The molecule has 1 heterocycles. The lowest BCUT2D eigenvalue weighted by Gasteiger charge is -2.13. The molecule has 1 atom stereocenters. The van der Waals surface area contributed by atoms with Gasteiger partial charge in [-0.2, -0.15) is 4.37 Å². The van der Waals surface area contributed by atoms with Crippen molar-refractivity contribution >= 4 is 16.7 Å². The summed E-state index contributed by atoms with van der Waals surface area (Å²) in [5, 5.41) is 4.26. The van der Waals surface area contributed by atoms with Crippen molar-refractivity contribution in [3.63, 3.8) is 0 Å². The van der Waals surface area contributed by atoms with Gasteiger partial charge < -0.3 is 10.1 Å². The van der Waals surface area contributed by atoms with Gasteiger partial charge in [-0.1, -0.05) is 13.8 Å². The SMILES string of the molecule is COCc1nsc(NC(C)CCC(C)C)n1. The van der Waals surface area contributed by atoms with Crippen LogP contribution in [0.3, 0.4) is 0 Å². The number of aromatic nitrogens is 2. The summed E-state index contributed by atoms with van der Waals surface area (Å²) in [6, 6.07) is 0.450. The molecule has 0 aromatic carbocycles. The number of hydrogen-bond donors (Lipinski definition) is 1. The van der Waals surface area contributed by atoms with Crippen molar-refractivity contribution in [3.05, 3.63) is 5.82 Å². The molecule has 0 radical (unpaired) electrons. The van der Waals surface area contributed by atoms with E-state index in [-0.39, 0.29) is 0 Å². The fourth-order valence-corrected chi connectivity index (χ4v) is 2.05. The van der Waals surface area contributed by atoms with Gasteiger partial charge in [-0.3, -0.25) is 0 Å². The van der Waals surface area contributed by atoms with Gasteiger partial charge in [-0.05, 0) is 25.7 Å². The number of methoxy groups -OCH3 is 1. The van der Waals surface area contributed by atoms with E-state index in [9.17, 15) is 0 Å². The summed E-state index contributed by atoms with van der Waals surface area (Å²) in [6.45, 7) is 7.15. The van der Waals surface area contributed by atoms with E-state index in [2.05, 4.69) is 35.4 Å². The summed E-state index contributed by atoms with van der Waals surface area (Å²) >= 11 is 1.40. The van der Waals surface area contributed by atoms with Crippen molar-refractivity contribution in [3.8, 4) is 0 Å². The first-order chi connectivity index (χ1) is 7.61. The Labute approximate surface area is 102 Å². The van der Waals surface area contributed by atoms with Crippen molar-refractivity contribution < 1.29 is 4.74 Å². The number of nitrogens with zero attached hydrogens (tertiary/aromatic N) is 2. The van der Waals surface area contributed by atoms with E-state index in [1.54, 1.807) is 7.11 Å². The Morgan fingerprint density at radius 1 is 1.31 bits per heavy atom. The van der Waals surface area contributed by atoms with Gasteiger partial charge in [0.05, 0.1) is 0 Å². The van der Waals surface area contributed by atoms with Crippen LogP contribution in [0.25, 0.3) is 0 Å². The predicted octanol–water partition coefficient (Wildman–Crippen LogP) is 2.92. The van der Waals surface area contributed by atoms with Crippen LogP contribution in [-0.4, -0.2) is 22.5 Å². The average Bonchev–Trinajstić information content (AvgIpc) is 2.63. The summed E-state index contributed by atoms with van der Waals surface area (Å²) in [5.74, 6) is 1.51. The van der Waals surface area contributed by atoms with Crippen LogP contribution in [0, 0.1) is 5.92 Å². The van der Waals surface area contributed by atoms with Gasteiger partial charge in [-0.15, -0.1) is 0 Å². The third kappa shape index (κ3) is 4.90. The molecular weight excluding hydrogens is 222 g/mol. The monoisotopic (exact) mass is 243 g/mol. The number of hydrogen-bond acceptors (Lipinski definition) is 5. The molecule has 92 valence electrons. The maximum absolute atomic E-state index is 4.98. The Kier molecular flexibility index (Phi) is 5.69. The van der Waals surface area contributed by atoms with Gasteiger partial charge in [0, 0.05) is 24.7 Å². The first-order valence-electron chi connectivity index (χ1n) is 5.70. The van der Waals surface area contributed by atoms with Gasteiger partial charge in [0.25, 0.3) is 0 Å². The predicted molar refractivity (Wildman–Crippen MR) is 67.8 cm³/mol. The van der Waals surface area contributed by atoms with Crippen molar-refractivity contribution in [2.75, 3.05) is 12.4 Å². The van der Waals surface area contributed by atoms with Crippen molar-refractivity contribution in [2.45, 2.75) is 46.3 Å². The molecule has 0 saturated heterocycles. The van der Waals surface area contributed by atoms with Gasteiger partial charge in [-0.25, -0.2) is 4.98 Å². The van der Waals surface area contributed by atoms with Crippen molar-refractivity contribution in [2.24, 2.45) is 5.92 Å². The summed E-state index contributed by atoms with van der Waals surface area (Å²) in [5.41, 5.74) is 0. The van der Waals surface area contributed by atoms with Crippen LogP contribution in [0.4, 0.5) is 5.13 Å². The molecule has 1 rings (SSSR count). The molecule has 0 bridgehead atoms. The van der Waals surface area contributed by atoms with Crippen LogP contribution < -0.4 is 5.32 Å². The highest BCUT2D eigenvalue weighted by molar-refractivity contribution is 7.09. The Morgan fingerprint density at radius 3 is 2.69 bits per heavy atom. The van der Waals surface area contributed by atoms with Crippen LogP contribution in [-0.2, 0) is 11.3 Å². The lowest BCUT2D eigenvalue weighted by Crippen LogP contribution is -2.15. The molecule has 1 unspecified atom stereocenters. The maximum atomic E-state index is 4.98. The minimum absolute atomic E-state index is 0.450. The molecular formula is C11H21N3OS. The molecule has 0 amide bonds. The van der Waals surface area contributed by atoms with E-state index in [1.165, 1.54) is 18.0 Å². The molecule has 0 spiro atoms. The summed E-state index contributed by atoms with van der Waals surface area (Å²) in [7, 11) is 1.65. The second-order valence-electron chi connectivity index (χ2n) is 4.47. The van der Waals surface area contributed by atoms with E-state index in [0.717, 1.165) is 23.3 Å². The topological polar surface area (TPSA) is 47.0 Å². The second kappa shape index (κ2) is 6.81. The fraction of sp³-hybridized carbons (Fsp3) is 0.818. The molecule has 0 aliphatic carbocycles. The molecule has 1 aromatic heterocycles. The molecule has 16 heavy (non-hydrogen) atoms. The number of ether oxygens (including phenoxy) is 1. The largest absolute Gasteiger partial charge is 0.377 e. The zero-order chi connectivity index (χ0) is 12.0. The molecule has 0 aliphatic rings. The van der Waals surface area contributed by atoms with E-state index in [4.69, 9.17) is 4.74 Å². The second-order valence-corrected chi connectivity index (χ2v) is 5.22. The lowest BCUT2D eigenvalue weighted by atomic mass is 10.0. The summed E-state index contributed by atoms with van der Waals surface area (Å²) in [6.07, 6.45) is 2.40. The molecule has 1 N–H and O–H groups in total. The quantitative estimate of drug-likeness (QED) is 0.800. The zero-order valence-corrected chi connectivity index (χ0v) is 11.3. The van der Waals surface area contributed by atoms with Crippen LogP contribution in [0.2, 0.25) is 0 Å². The van der Waals surface area contributed by atoms with E-state index in [0.29, 0.717) is 12.6 Å². The summed E-state index contributed by atoms with van der Waals surface area (Å²) in [4.78, 5) is 4.34. The van der Waals surface area contributed by atoms with Crippen LogP contribution in [0.5, 0.6) is 0 Å². The van der Waals surface area contributed by atoms with Crippen molar-refractivity contribution in [1.29, 1.82) is 0 Å². The average molecular weight is 243 g/mol.